The predicted molar refractivity (Wildman–Crippen MR) is 340 cm³/mol. The summed E-state index contributed by atoms with van der Waals surface area (Å²) in [5.74, 6) is -0.599. The molecule has 19 heteroatoms. The smallest absolute Gasteiger partial charge is 0.462 e. The van der Waals surface area contributed by atoms with Crippen LogP contribution in [-0.2, 0) is 65.4 Å². The van der Waals surface area contributed by atoms with Crippen LogP contribution < -0.4 is 0 Å². The first-order valence-corrected chi connectivity index (χ1v) is 37.5. The van der Waals surface area contributed by atoms with Crippen LogP contribution in [0.4, 0.5) is 0 Å². The van der Waals surface area contributed by atoms with E-state index in [2.05, 4.69) is 41.5 Å². The summed E-state index contributed by atoms with van der Waals surface area (Å²) in [4.78, 5) is 71.9. The van der Waals surface area contributed by atoms with Gasteiger partial charge in [0.05, 0.1) is 26.4 Å². The normalized spacial score (nSPS) is 14.2. The highest BCUT2D eigenvalue weighted by atomic mass is 31.2. The number of aliphatic hydroxyl groups is 1. The number of esters is 4. The second-order valence-corrected chi connectivity index (χ2v) is 27.7. The highest BCUT2D eigenvalue weighted by Crippen LogP contribution is 2.45. The number of hydrogen-bond acceptors (Lipinski definition) is 15. The van der Waals surface area contributed by atoms with E-state index in [1.54, 1.807) is 0 Å². The highest BCUT2D eigenvalue weighted by molar-refractivity contribution is 7.47. The molecule has 504 valence electrons. The maximum absolute atomic E-state index is 13.0. The standard InChI is InChI=1S/C66H128O17P2/c1-7-9-11-13-14-31-38-44-50-65(70)82-61(54-76-63(68)48-42-34-12-10-8-2)56-80-84(72,73)78-52-60(67)53-79-85(74,75)81-57-62(55-77-64(69)49-43-37-32-28-27-30-36-41-47-59(5)6)83-66(71)51-45-39-33-26-24-22-20-18-16-15-17-19-21-23-25-29-35-40-46-58(3)4/h58-62,67H,7-57H2,1-6H3,(H,72,73)(H,74,75)/t60-,61+,62+/m0/s1. The summed E-state index contributed by atoms with van der Waals surface area (Å²) in [7, 11) is -9.88. The van der Waals surface area contributed by atoms with Gasteiger partial charge in [-0.3, -0.25) is 37.3 Å². The molecule has 0 aromatic carbocycles. The molecule has 0 aliphatic heterocycles. The third kappa shape index (κ3) is 60.7. The largest absolute Gasteiger partial charge is 0.472 e. The van der Waals surface area contributed by atoms with Gasteiger partial charge in [0, 0.05) is 25.7 Å². The van der Waals surface area contributed by atoms with Gasteiger partial charge in [-0.25, -0.2) is 9.13 Å². The molecule has 5 atom stereocenters. The summed E-state index contributed by atoms with van der Waals surface area (Å²) in [6.07, 6.45) is 42.3. The number of hydrogen-bond donors (Lipinski definition) is 3. The fourth-order valence-electron chi connectivity index (χ4n) is 9.88. The fraction of sp³-hybridized carbons (Fsp3) is 0.939. The van der Waals surface area contributed by atoms with E-state index in [9.17, 15) is 43.2 Å². The summed E-state index contributed by atoms with van der Waals surface area (Å²) in [6.45, 7) is 9.39. The Bertz CT molecular complexity index is 1670. The molecular formula is C66H128O17P2. The highest BCUT2D eigenvalue weighted by Gasteiger charge is 2.30. The van der Waals surface area contributed by atoms with Gasteiger partial charge in [0.15, 0.2) is 12.2 Å². The molecule has 85 heavy (non-hydrogen) atoms. The van der Waals surface area contributed by atoms with Gasteiger partial charge < -0.3 is 33.8 Å². The SMILES string of the molecule is CCCCCCCCCCC(=O)O[C@H](COC(=O)CCCCCCC)COP(=O)(O)OC[C@H](O)COP(=O)(O)OC[C@@H](COC(=O)CCCCCCCCCCC(C)C)OC(=O)CCCCCCCCCCCCCCCCCCCCC(C)C. The van der Waals surface area contributed by atoms with Crippen molar-refractivity contribution >= 4 is 39.5 Å². The molecule has 0 bridgehead atoms. The monoisotopic (exact) mass is 1250 g/mol. The average Bonchev–Trinajstić information content (AvgIpc) is 3.46. The van der Waals surface area contributed by atoms with Gasteiger partial charge in [-0.15, -0.1) is 0 Å². The van der Waals surface area contributed by atoms with E-state index in [4.69, 9.17) is 37.0 Å². The first-order valence-electron chi connectivity index (χ1n) is 34.5. The van der Waals surface area contributed by atoms with Crippen molar-refractivity contribution in [2.24, 2.45) is 11.8 Å². The quantitative estimate of drug-likeness (QED) is 0.0222. The van der Waals surface area contributed by atoms with Crippen LogP contribution in [0, 0.1) is 11.8 Å². The Morgan fingerprint density at radius 1 is 0.318 bits per heavy atom. The van der Waals surface area contributed by atoms with Gasteiger partial charge in [-0.2, -0.15) is 0 Å². The summed E-state index contributed by atoms with van der Waals surface area (Å²) >= 11 is 0. The molecule has 0 heterocycles. The van der Waals surface area contributed by atoms with Crippen LogP contribution in [0.25, 0.3) is 0 Å². The molecule has 0 aliphatic rings. The second-order valence-electron chi connectivity index (χ2n) is 24.8. The van der Waals surface area contributed by atoms with Crippen molar-refractivity contribution in [3.8, 4) is 0 Å². The Morgan fingerprint density at radius 3 is 0.800 bits per heavy atom. The number of rotatable bonds is 65. The first-order chi connectivity index (χ1) is 40.9. The van der Waals surface area contributed by atoms with Gasteiger partial charge in [-0.05, 0) is 37.5 Å². The number of carbonyl (C=O) groups excluding carboxylic acids is 4. The van der Waals surface area contributed by atoms with Crippen molar-refractivity contribution in [2.75, 3.05) is 39.6 Å². The Morgan fingerprint density at radius 2 is 0.541 bits per heavy atom. The van der Waals surface area contributed by atoms with E-state index >= 15 is 0 Å². The van der Waals surface area contributed by atoms with Gasteiger partial charge in [-0.1, -0.05) is 279 Å². The second kappa shape index (κ2) is 58.4. The maximum Gasteiger partial charge on any atom is 0.472 e. The van der Waals surface area contributed by atoms with Crippen molar-refractivity contribution in [1.29, 1.82) is 0 Å². The molecule has 0 spiro atoms. The molecule has 0 aromatic rings. The van der Waals surface area contributed by atoms with Crippen LogP contribution in [0.5, 0.6) is 0 Å². The van der Waals surface area contributed by atoms with Crippen molar-refractivity contribution in [2.45, 2.75) is 349 Å². The van der Waals surface area contributed by atoms with E-state index in [0.717, 1.165) is 115 Å². The number of phosphoric acid groups is 2. The minimum absolute atomic E-state index is 0.104. The number of unbranched alkanes of at least 4 members (excludes halogenated alkanes) is 35. The molecule has 0 aromatic heterocycles. The zero-order valence-electron chi connectivity index (χ0n) is 54.9. The zero-order valence-corrected chi connectivity index (χ0v) is 56.7. The van der Waals surface area contributed by atoms with E-state index in [1.807, 2.05) is 0 Å². The molecule has 0 fully saturated rings. The van der Waals surface area contributed by atoms with E-state index < -0.39 is 97.5 Å². The maximum atomic E-state index is 13.0. The molecule has 0 aliphatic carbocycles. The van der Waals surface area contributed by atoms with Gasteiger partial charge >= 0.3 is 39.5 Å². The number of phosphoric ester groups is 2. The lowest BCUT2D eigenvalue weighted by Gasteiger charge is -2.21. The minimum Gasteiger partial charge on any atom is -0.462 e. The van der Waals surface area contributed by atoms with Crippen LogP contribution in [0.15, 0.2) is 0 Å². The lowest BCUT2D eigenvalue weighted by atomic mass is 10.0. The molecule has 0 rings (SSSR count). The Labute approximate surface area is 517 Å². The Balaban J connectivity index is 5.07. The molecule has 0 saturated carbocycles. The molecule has 0 saturated heterocycles. The van der Waals surface area contributed by atoms with Crippen LogP contribution in [0.3, 0.4) is 0 Å². The van der Waals surface area contributed by atoms with Crippen LogP contribution >= 0.6 is 15.6 Å². The molecule has 0 radical (unpaired) electrons. The first kappa shape index (κ1) is 83.1. The van der Waals surface area contributed by atoms with E-state index in [-0.39, 0.29) is 25.7 Å². The summed E-state index contributed by atoms with van der Waals surface area (Å²) in [6, 6.07) is 0. The van der Waals surface area contributed by atoms with E-state index in [0.29, 0.717) is 25.7 Å². The van der Waals surface area contributed by atoms with Crippen molar-refractivity contribution < 1.29 is 80.2 Å². The Kier molecular flexibility index (Phi) is 57.1. The fourth-order valence-corrected chi connectivity index (χ4v) is 11.5. The molecule has 3 N–H and O–H groups in total. The lowest BCUT2D eigenvalue weighted by Crippen LogP contribution is -2.30. The van der Waals surface area contributed by atoms with Crippen LogP contribution in [-0.4, -0.2) is 96.7 Å². The third-order valence-corrected chi connectivity index (χ3v) is 17.1. The summed E-state index contributed by atoms with van der Waals surface area (Å²) in [5.41, 5.74) is 0. The number of carbonyl (C=O) groups is 4. The van der Waals surface area contributed by atoms with E-state index in [1.165, 1.54) is 135 Å². The van der Waals surface area contributed by atoms with Gasteiger partial charge in [0.1, 0.15) is 19.3 Å². The lowest BCUT2D eigenvalue weighted by molar-refractivity contribution is -0.161. The molecule has 17 nitrogen and oxygen atoms in total. The van der Waals surface area contributed by atoms with Gasteiger partial charge in [0.25, 0.3) is 0 Å². The summed E-state index contributed by atoms with van der Waals surface area (Å²) in [5, 5.41) is 10.5. The zero-order chi connectivity index (χ0) is 62.9. The molecule has 0 amide bonds. The molecule has 2 unspecified atom stereocenters. The number of aliphatic hydroxyl groups excluding tert-OH is 1. The summed E-state index contributed by atoms with van der Waals surface area (Å²) < 4.78 is 67.8. The van der Waals surface area contributed by atoms with Crippen LogP contribution in [0.2, 0.25) is 0 Å². The van der Waals surface area contributed by atoms with Crippen molar-refractivity contribution in [1.82, 2.24) is 0 Å². The van der Waals surface area contributed by atoms with Crippen molar-refractivity contribution in [3.63, 3.8) is 0 Å². The molecular weight excluding hydrogens is 1130 g/mol. The topological polar surface area (TPSA) is 237 Å². The van der Waals surface area contributed by atoms with Crippen molar-refractivity contribution in [3.05, 3.63) is 0 Å². The number of ether oxygens (including phenoxy) is 4. The van der Waals surface area contributed by atoms with Crippen LogP contribution in [0.1, 0.15) is 330 Å². The Hall–Kier alpha value is -1.94. The third-order valence-electron chi connectivity index (χ3n) is 15.2. The minimum atomic E-state index is -4.94. The predicted octanol–water partition coefficient (Wildman–Crippen LogP) is 18.4. The van der Waals surface area contributed by atoms with Gasteiger partial charge in [0.2, 0.25) is 0 Å². The average molecular weight is 1260 g/mol.